The summed E-state index contributed by atoms with van der Waals surface area (Å²) >= 11 is 0. The highest BCUT2D eigenvalue weighted by Gasteiger charge is 2.14. The molecule has 18 heavy (non-hydrogen) atoms. The van der Waals surface area contributed by atoms with Crippen LogP contribution in [0.4, 0.5) is 8.78 Å². The Bertz CT molecular complexity index is 535. The zero-order valence-electron chi connectivity index (χ0n) is 9.52. The highest BCUT2D eigenvalue weighted by molar-refractivity contribution is 5.33. The first kappa shape index (κ1) is 12.4. The van der Waals surface area contributed by atoms with E-state index in [1.807, 2.05) is 0 Å². The van der Waals surface area contributed by atoms with Gasteiger partial charge in [-0.25, -0.2) is 13.8 Å². The number of hydrogen-bond acceptors (Lipinski definition) is 4. The lowest BCUT2D eigenvalue weighted by atomic mass is 10.2. The number of aromatic nitrogens is 2. The molecule has 6 heteroatoms. The number of halogens is 2. The molecule has 0 aliphatic rings. The number of aryl methyl sites for hydroxylation is 1. The molecule has 0 atom stereocenters. The summed E-state index contributed by atoms with van der Waals surface area (Å²) < 4.78 is 32.1. The molecule has 0 aliphatic heterocycles. The molecule has 0 aliphatic carbocycles. The number of nitrogens with zero attached hydrogens (tertiary/aromatic N) is 2. The van der Waals surface area contributed by atoms with E-state index in [-0.39, 0.29) is 11.4 Å². The third kappa shape index (κ3) is 2.60. The summed E-state index contributed by atoms with van der Waals surface area (Å²) in [4.78, 5) is 7.73. The first-order valence-electron chi connectivity index (χ1n) is 5.15. The topological polar surface area (TPSA) is 55.2 Å². The van der Waals surface area contributed by atoms with Gasteiger partial charge in [-0.3, -0.25) is 4.98 Å². The van der Waals surface area contributed by atoms with Crippen LogP contribution in [0.15, 0.2) is 24.5 Å². The SMILES string of the molecule is Cc1cnc(Oc2c(F)cc(CO)cc2F)cn1. The van der Waals surface area contributed by atoms with E-state index in [4.69, 9.17) is 9.84 Å². The predicted octanol–water partition coefficient (Wildman–Crippen LogP) is 2.35. The summed E-state index contributed by atoms with van der Waals surface area (Å²) in [5.41, 5.74) is 0.797. The van der Waals surface area contributed by atoms with Gasteiger partial charge in [0.25, 0.3) is 0 Å². The van der Waals surface area contributed by atoms with Gasteiger partial charge in [0.05, 0.1) is 24.7 Å². The van der Waals surface area contributed by atoms with Crippen molar-refractivity contribution in [2.45, 2.75) is 13.5 Å². The maximum atomic E-state index is 13.5. The maximum absolute atomic E-state index is 13.5. The molecule has 0 saturated carbocycles. The van der Waals surface area contributed by atoms with Crippen LogP contribution in [0, 0.1) is 18.6 Å². The van der Waals surface area contributed by atoms with E-state index < -0.39 is 24.0 Å². The fourth-order valence-corrected chi connectivity index (χ4v) is 1.34. The smallest absolute Gasteiger partial charge is 0.238 e. The average molecular weight is 252 g/mol. The molecule has 2 aromatic rings. The van der Waals surface area contributed by atoms with Crippen molar-refractivity contribution in [2.75, 3.05) is 0 Å². The summed E-state index contributed by atoms with van der Waals surface area (Å²) in [6, 6.07) is 2.00. The van der Waals surface area contributed by atoms with E-state index in [9.17, 15) is 8.78 Å². The van der Waals surface area contributed by atoms with Crippen molar-refractivity contribution in [1.82, 2.24) is 9.97 Å². The molecule has 1 aromatic carbocycles. The summed E-state index contributed by atoms with van der Waals surface area (Å²) in [7, 11) is 0. The zero-order valence-corrected chi connectivity index (χ0v) is 9.52. The van der Waals surface area contributed by atoms with Gasteiger partial charge in [-0.2, -0.15) is 0 Å². The predicted molar refractivity (Wildman–Crippen MR) is 59.1 cm³/mol. The Kier molecular flexibility index (Phi) is 3.47. The Hall–Kier alpha value is -2.08. The lowest BCUT2D eigenvalue weighted by Crippen LogP contribution is -1.97. The lowest BCUT2D eigenvalue weighted by Gasteiger charge is -2.08. The van der Waals surface area contributed by atoms with Gasteiger partial charge in [0.2, 0.25) is 11.6 Å². The van der Waals surface area contributed by atoms with E-state index in [0.717, 1.165) is 12.1 Å². The van der Waals surface area contributed by atoms with Gasteiger partial charge >= 0.3 is 0 Å². The lowest BCUT2D eigenvalue weighted by molar-refractivity contribution is 0.279. The molecule has 0 bridgehead atoms. The van der Waals surface area contributed by atoms with Crippen molar-refractivity contribution in [3.05, 3.63) is 47.4 Å². The number of hydrogen-bond donors (Lipinski definition) is 1. The number of rotatable bonds is 3. The fourth-order valence-electron chi connectivity index (χ4n) is 1.34. The third-order valence-electron chi connectivity index (χ3n) is 2.20. The van der Waals surface area contributed by atoms with Gasteiger partial charge in [-0.1, -0.05) is 0 Å². The first-order valence-corrected chi connectivity index (χ1v) is 5.15. The van der Waals surface area contributed by atoms with E-state index in [1.165, 1.54) is 12.4 Å². The van der Waals surface area contributed by atoms with Crippen molar-refractivity contribution in [3.8, 4) is 11.6 Å². The van der Waals surface area contributed by atoms with Crippen LogP contribution >= 0.6 is 0 Å². The number of aliphatic hydroxyl groups excluding tert-OH is 1. The summed E-state index contributed by atoms with van der Waals surface area (Å²) in [6.07, 6.45) is 2.70. The Morgan fingerprint density at radius 2 is 1.83 bits per heavy atom. The first-order chi connectivity index (χ1) is 8.60. The molecular formula is C12H10F2N2O2. The summed E-state index contributed by atoms with van der Waals surface area (Å²) in [6.45, 7) is 1.28. The molecule has 0 spiro atoms. The van der Waals surface area contributed by atoms with E-state index in [1.54, 1.807) is 6.92 Å². The fraction of sp³-hybridized carbons (Fsp3) is 0.167. The maximum Gasteiger partial charge on any atom is 0.238 e. The summed E-state index contributed by atoms with van der Waals surface area (Å²) in [5.74, 6) is -2.37. The van der Waals surface area contributed by atoms with Crippen LogP contribution < -0.4 is 4.74 Å². The van der Waals surface area contributed by atoms with Crippen LogP contribution in [-0.2, 0) is 6.61 Å². The van der Waals surface area contributed by atoms with Gasteiger partial charge < -0.3 is 9.84 Å². The Morgan fingerprint density at radius 1 is 1.17 bits per heavy atom. The molecule has 0 saturated heterocycles. The second kappa shape index (κ2) is 5.05. The molecule has 0 fully saturated rings. The zero-order chi connectivity index (χ0) is 13.1. The van der Waals surface area contributed by atoms with E-state index >= 15 is 0 Å². The third-order valence-corrected chi connectivity index (χ3v) is 2.20. The van der Waals surface area contributed by atoms with Crippen molar-refractivity contribution in [1.29, 1.82) is 0 Å². The molecule has 0 radical (unpaired) electrons. The highest BCUT2D eigenvalue weighted by Crippen LogP contribution is 2.27. The van der Waals surface area contributed by atoms with Crippen LogP contribution in [0.25, 0.3) is 0 Å². The Balaban J connectivity index is 2.31. The minimum atomic E-state index is -0.901. The molecule has 1 aromatic heterocycles. The normalized spacial score (nSPS) is 10.4. The Morgan fingerprint density at radius 3 is 2.33 bits per heavy atom. The van der Waals surface area contributed by atoms with Gasteiger partial charge in [0, 0.05) is 0 Å². The molecule has 0 unspecified atom stereocenters. The van der Waals surface area contributed by atoms with Crippen LogP contribution in [0.1, 0.15) is 11.3 Å². The van der Waals surface area contributed by atoms with Crippen molar-refractivity contribution in [2.24, 2.45) is 0 Å². The Labute approximate surface area is 102 Å². The molecule has 1 N–H and O–H groups in total. The average Bonchev–Trinajstić information content (AvgIpc) is 2.35. The van der Waals surface area contributed by atoms with E-state index in [0.29, 0.717) is 5.69 Å². The highest BCUT2D eigenvalue weighted by atomic mass is 19.1. The molecule has 4 nitrogen and oxygen atoms in total. The van der Waals surface area contributed by atoms with Crippen molar-refractivity contribution >= 4 is 0 Å². The van der Waals surface area contributed by atoms with E-state index in [2.05, 4.69) is 9.97 Å². The number of ether oxygens (including phenoxy) is 1. The second-order valence-corrected chi connectivity index (χ2v) is 3.64. The minimum absolute atomic E-state index is 0.00449. The number of aliphatic hydroxyl groups is 1. The molecule has 1 heterocycles. The minimum Gasteiger partial charge on any atom is -0.431 e. The van der Waals surface area contributed by atoms with Gasteiger partial charge in [0.15, 0.2) is 11.6 Å². The molecular weight excluding hydrogens is 242 g/mol. The van der Waals surface area contributed by atoms with Crippen molar-refractivity contribution < 1.29 is 18.6 Å². The van der Waals surface area contributed by atoms with Gasteiger partial charge in [0.1, 0.15) is 0 Å². The van der Waals surface area contributed by atoms with Crippen LogP contribution in [0.2, 0.25) is 0 Å². The van der Waals surface area contributed by atoms with Gasteiger partial charge in [-0.15, -0.1) is 0 Å². The summed E-state index contributed by atoms with van der Waals surface area (Å²) in [5, 5.41) is 8.80. The molecule has 0 amide bonds. The van der Waals surface area contributed by atoms with Crippen LogP contribution in [0.5, 0.6) is 11.6 Å². The van der Waals surface area contributed by atoms with Crippen LogP contribution in [0.3, 0.4) is 0 Å². The quantitative estimate of drug-likeness (QED) is 0.911. The second-order valence-electron chi connectivity index (χ2n) is 3.64. The monoisotopic (exact) mass is 252 g/mol. The van der Waals surface area contributed by atoms with Crippen molar-refractivity contribution in [3.63, 3.8) is 0 Å². The van der Waals surface area contributed by atoms with Crippen LogP contribution in [-0.4, -0.2) is 15.1 Å². The number of benzene rings is 1. The molecule has 94 valence electrons. The standard InChI is InChI=1S/C12H10F2N2O2/c1-7-4-16-11(5-15-7)18-12-9(13)2-8(6-17)3-10(12)14/h2-5,17H,6H2,1H3. The van der Waals surface area contributed by atoms with Gasteiger partial charge in [-0.05, 0) is 24.6 Å². The molecule has 2 rings (SSSR count). The largest absolute Gasteiger partial charge is 0.431 e.